The number of anilines is 1. The van der Waals surface area contributed by atoms with E-state index in [0.717, 1.165) is 22.4 Å². The van der Waals surface area contributed by atoms with Crippen LogP contribution in [0.25, 0.3) is 11.3 Å². The van der Waals surface area contributed by atoms with E-state index in [9.17, 15) is 0 Å². The Kier molecular flexibility index (Phi) is 3.50. The van der Waals surface area contributed by atoms with E-state index in [1.54, 1.807) is 12.3 Å². The normalized spacial score (nSPS) is 10.1. The molecule has 0 saturated heterocycles. The smallest absolute Gasteiger partial charge is 0.0735 e. The lowest BCUT2D eigenvalue weighted by Gasteiger charge is -2.09. The average molecular weight is 258 g/mol. The van der Waals surface area contributed by atoms with Crippen LogP contribution in [0.4, 0.5) is 5.69 Å². The Hall–Kier alpha value is -2.05. The number of benzene rings is 1. The van der Waals surface area contributed by atoms with Crippen LogP contribution in [0.5, 0.6) is 0 Å². The van der Waals surface area contributed by atoms with Gasteiger partial charge in [-0.25, -0.2) is 0 Å². The van der Waals surface area contributed by atoms with E-state index >= 15 is 0 Å². The van der Waals surface area contributed by atoms with Crippen molar-refractivity contribution in [1.82, 2.24) is 4.98 Å². The van der Waals surface area contributed by atoms with Gasteiger partial charge in [0.05, 0.1) is 18.2 Å². The molecule has 0 radical (unpaired) electrons. The maximum Gasteiger partial charge on any atom is 0.0735 e. The van der Waals surface area contributed by atoms with Crippen molar-refractivity contribution >= 4 is 17.3 Å². The molecular formula is C14H12ClN3. The lowest BCUT2D eigenvalue weighted by atomic mass is 10.0. The molecule has 2 N–H and O–H groups in total. The van der Waals surface area contributed by atoms with E-state index < -0.39 is 0 Å². The van der Waals surface area contributed by atoms with Crippen molar-refractivity contribution in [2.24, 2.45) is 0 Å². The Labute approximate surface area is 111 Å². The van der Waals surface area contributed by atoms with Gasteiger partial charge in [-0.3, -0.25) is 4.98 Å². The molecule has 0 spiro atoms. The SMILES string of the molecule is Cc1c(CC#N)ccnc1-c1cc(N)cc(Cl)c1. The van der Waals surface area contributed by atoms with Crippen LogP contribution < -0.4 is 5.73 Å². The molecule has 0 aliphatic heterocycles. The van der Waals surface area contributed by atoms with Crippen molar-refractivity contribution in [2.45, 2.75) is 13.3 Å². The molecule has 1 heterocycles. The van der Waals surface area contributed by atoms with Crippen molar-refractivity contribution in [1.29, 1.82) is 5.26 Å². The van der Waals surface area contributed by atoms with Crippen LogP contribution in [0, 0.1) is 18.3 Å². The Morgan fingerprint density at radius 3 is 2.83 bits per heavy atom. The Morgan fingerprint density at radius 2 is 2.17 bits per heavy atom. The summed E-state index contributed by atoms with van der Waals surface area (Å²) < 4.78 is 0. The third-order valence-corrected chi connectivity index (χ3v) is 3.00. The largest absolute Gasteiger partial charge is 0.399 e. The van der Waals surface area contributed by atoms with Gasteiger partial charge in [-0.1, -0.05) is 11.6 Å². The highest BCUT2D eigenvalue weighted by atomic mass is 35.5. The number of hydrogen-bond acceptors (Lipinski definition) is 3. The van der Waals surface area contributed by atoms with E-state index in [0.29, 0.717) is 17.1 Å². The highest BCUT2D eigenvalue weighted by Gasteiger charge is 2.08. The van der Waals surface area contributed by atoms with Crippen molar-refractivity contribution < 1.29 is 0 Å². The molecule has 0 amide bonds. The average Bonchev–Trinajstić information content (AvgIpc) is 2.31. The highest BCUT2D eigenvalue weighted by Crippen LogP contribution is 2.28. The Bertz CT molecular complexity index is 609. The van der Waals surface area contributed by atoms with E-state index in [1.807, 2.05) is 25.1 Å². The van der Waals surface area contributed by atoms with E-state index in [4.69, 9.17) is 22.6 Å². The van der Waals surface area contributed by atoms with Crippen LogP contribution in [-0.2, 0) is 6.42 Å². The third-order valence-electron chi connectivity index (χ3n) is 2.78. The summed E-state index contributed by atoms with van der Waals surface area (Å²) in [5, 5.41) is 9.36. The first-order valence-electron chi connectivity index (χ1n) is 5.49. The van der Waals surface area contributed by atoms with Crippen LogP contribution >= 0.6 is 11.6 Å². The summed E-state index contributed by atoms with van der Waals surface area (Å²) in [7, 11) is 0. The van der Waals surface area contributed by atoms with Gasteiger partial charge in [-0.15, -0.1) is 0 Å². The van der Waals surface area contributed by atoms with Crippen LogP contribution in [0.3, 0.4) is 0 Å². The topological polar surface area (TPSA) is 62.7 Å². The van der Waals surface area contributed by atoms with Gasteiger partial charge in [0.1, 0.15) is 0 Å². The molecule has 0 saturated carbocycles. The maximum atomic E-state index is 8.78. The van der Waals surface area contributed by atoms with Gasteiger partial charge in [0.2, 0.25) is 0 Å². The number of aromatic nitrogens is 1. The predicted octanol–water partition coefficient (Wildman–Crippen LogP) is 3.36. The lowest BCUT2D eigenvalue weighted by molar-refractivity contribution is 1.16. The molecule has 18 heavy (non-hydrogen) atoms. The number of nitrogens with zero attached hydrogens (tertiary/aromatic N) is 2. The van der Waals surface area contributed by atoms with Gasteiger partial charge in [-0.05, 0) is 42.3 Å². The highest BCUT2D eigenvalue weighted by molar-refractivity contribution is 6.31. The second-order valence-corrected chi connectivity index (χ2v) is 4.49. The number of nitrogens with two attached hydrogens (primary N) is 1. The molecule has 2 aromatic rings. The minimum Gasteiger partial charge on any atom is -0.399 e. The summed E-state index contributed by atoms with van der Waals surface area (Å²) in [6, 6.07) is 9.35. The Balaban J connectivity index is 2.57. The quantitative estimate of drug-likeness (QED) is 0.839. The second-order valence-electron chi connectivity index (χ2n) is 4.05. The molecular weight excluding hydrogens is 246 g/mol. The molecule has 0 aliphatic rings. The molecule has 2 rings (SSSR count). The molecule has 3 nitrogen and oxygen atoms in total. The minimum atomic E-state index is 0.372. The standard InChI is InChI=1S/C14H12ClN3/c1-9-10(2-4-16)3-5-18-14(9)11-6-12(15)8-13(17)7-11/h3,5-8H,2,17H2,1H3. The summed E-state index contributed by atoms with van der Waals surface area (Å²) in [5.74, 6) is 0. The molecule has 4 heteroatoms. The number of rotatable bonds is 2. The number of hydrogen-bond donors (Lipinski definition) is 1. The van der Waals surface area contributed by atoms with Gasteiger partial charge in [0.15, 0.2) is 0 Å². The Morgan fingerprint density at radius 1 is 1.39 bits per heavy atom. The number of halogens is 1. The monoisotopic (exact) mass is 257 g/mol. The van der Waals surface area contributed by atoms with Crippen LogP contribution in [-0.4, -0.2) is 4.98 Å². The fraction of sp³-hybridized carbons (Fsp3) is 0.143. The first kappa shape index (κ1) is 12.4. The third kappa shape index (κ3) is 2.44. The zero-order valence-electron chi connectivity index (χ0n) is 9.94. The molecule has 90 valence electrons. The van der Waals surface area contributed by atoms with Crippen molar-refractivity contribution in [3.05, 3.63) is 46.6 Å². The fourth-order valence-electron chi connectivity index (χ4n) is 1.89. The van der Waals surface area contributed by atoms with Gasteiger partial charge in [-0.2, -0.15) is 5.26 Å². The predicted molar refractivity (Wildman–Crippen MR) is 73.1 cm³/mol. The number of nitrogen functional groups attached to an aromatic ring is 1. The summed E-state index contributed by atoms with van der Waals surface area (Å²) >= 11 is 5.99. The van der Waals surface area contributed by atoms with Gasteiger partial charge in [0, 0.05) is 22.5 Å². The van der Waals surface area contributed by atoms with Gasteiger partial charge >= 0.3 is 0 Å². The zero-order chi connectivity index (χ0) is 13.1. The van der Waals surface area contributed by atoms with Crippen LogP contribution in [0.1, 0.15) is 11.1 Å². The van der Waals surface area contributed by atoms with Crippen molar-refractivity contribution in [3.8, 4) is 17.3 Å². The molecule has 0 fully saturated rings. The zero-order valence-corrected chi connectivity index (χ0v) is 10.7. The summed E-state index contributed by atoms with van der Waals surface area (Å²) in [5.41, 5.74) is 10.0. The van der Waals surface area contributed by atoms with Gasteiger partial charge < -0.3 is 5.73 Å². The second kappa shape index (κ2) is 5.07. The van der Waals surface area contributed by atoms with Gasteiger partial charge in [0.25, 0.3) is 0 Å². The number of pyridine rings is 1. The summed E-state index contributed by atoms with van der Waals surface area (Å²) in [6.45, 7) is 1.95. The van der Waals surface area contributed by atoms with E-state index in [1.165, 1.54) is 0 Å². The molecule has 0 unspecified atom stereocenters. The molecule has 1 aromatic carbocycles. The van der Waals surface area contributed by atoms with Crippen molar-refractivity contribution in [2.75, 3.05) is 5.73 Å². The van der Waals surface area contributed by atoms with E-state index in [2.05, 4.69) is 11.1 Å². The first-order chi connectivity index (χ1) is 8.61. The maximum absolute atomic E-state index is 8.78. The molecule has 1 aromatic heterocycles. The molecule has 0 atom stereocenters. The molecule has 0 aliphatic carbocycles. The lowest BCUT2D eigenvalue weighted by Crippen LogP contribution is -1.95. The minimum absolute atomic E-state index is 0.372. The summed E-state index contributed by atoms with van der Waals surface area (Å²) in [6.07, 6.45) is 2.07. The van der Waals surface area contributed by atoms with Crippen LogP contribution in [0.2, 0.25) is 5.02 Å². The molecule has 0 bridgehead atoms. The fourth-order valence-corrected chi connectivity index (χ4v) is 2.14. The van der Waals surface area contributed by atoms with Crippen LogP contribution in [0.15, 0.2) is 30.5 Å². The number of nitriles is 1. The first-order valence-corrected chi connectivity index (χ1v) is 5.87. The summed E-state index contributed by atoms with van der Waals surface area (Å²) in [4.78, 5) is 4.35. The van der Waals surface area contributed by atoms with Crippen molar-refractivity contribution in [3.63, 3.8) is 0 Å². The van der Waals surface area contributed by atoms with E-state index in [-0.39, 0.29) is 0 Å².